The van der Waals surface area contributed by atoms with Gasteiger partial charge in [-0.2, -0.15) is 0 Å². The molecular weight excluding hydrogens is 366 g/mol. The van der Waals surface area contributed by atoms with Gasteiger partial charge in [0.25, 0.3) is 0 Å². The second-order valence-electron chi connectivity index (χ2n) is 7.72. The van der Waals surface area contributed by atoms with Gasteiger partial charge in [0.05, 0.1) is 27.4 Å². The Balaban J connectivity index is 1.72. The lowest BCUT2D eigenvalue weighted by molar-refractivity contribution is 0.349. The van der Waals surface area contributed by atoms with Crippen molar-refractivity contribution in [1.29, 1.82) is 0 Å². The summed E-state index contributed by atoms with van der Waals surface area (Å²) >= 11 is 0. The van der Waals surface area contributed by atoms with E-state index in [2.05, 4.69) is 12.1 Å². The van der Waals surface area contributed by atoms with E-state index in [9.17, 15) is 0 Å². The monoisotopic (exact) mass is 391 g/mol. The SMILES string of the molecule is COc1cc2c(cc1OC)[C@@H]1CCCC[C@@H]1N=C2c1cc2cccc(OC)c2o1. The minimum Gasteiger partial charge on any atom is -0.493 e. The molecule has 2 aromatic carbocycles. The number of aliphatic imine (C=N–C) groups is 1. The Labute approximate surface area is 170 Å². The van der Waals surface area contributed by atoms with Crippen LogP contribution in [0.4, 0.5) is 0 Å². The summed E-state index contributed by atoms with van der Waals surface area (Å²) in [6.45, 7) is 0. The summed E-state index contributed by atoms with van der Waals surface area (Å²) in [7, 11) is 5.01. The number of furan rings is 1. The van der Waals surface area contributed by atoms with Crippen LogP contribution in [0.15, 0.2) is 45.8 Å². The smallest absolute Gasteiger partial charge is 0.176 e. The summed E-state index contributed by atoms with van der Waals surface area (Å²) in [4.78, 5) is 5.18. The van der Waals surface area contributed by atoms with Crippen molar-refractivity contribution in [2.45, 2.75) is 37.6 Å². The number of hydrogen-bond donors (Lipinski definition) is 0. The molecule has 0 spiro atoms. The fraction of sp³-hybridized carbons (Fsp3) is 0.375. The zero-order valence-electron chi connectivity index (χ0n) is 17.0. The highest BCUT2D eigenvalue weighted by Crippen LogP contribution is 2.45. The van der Waals surface area contributed by atoms with Crippen molar-refractivity contribution in [3.05, 3.63) is 53.3 Å². The fourth-order valence-electron chi connectivity index (χ4n) is 4.78. The third-order valence-electron chi connectivity index (χ3n) is 6.20. The van der Waals surface area contributed by atoms with Crippen LogP contribution in [0.3, 0.4) is 0 Å². The molecule has 5 rings (SSSR count). The van der Waals surface area contributed by atoms with E-state index >= 15 is 0 Å². The number of methoxy groups -OCH3 is 3. The molecule has 2 aliphatic rings. The molecule has 5 heteroatoms. The first-order valence-electron chi connectivity index (χ1n) is 10.1. The number of hydrogen-bond acceptors (Lipinski definition) is 5. The molecule has 1 fully saturated rings. The van der Waals surface area contributed by atoms with E-state index in [1.807, 2.05) is 24.3 Å². The van der Waals surface area contributed by atoms with Crippen molar-refractivity contribution in [3.8, 4) is 17.2 Å². The maximum atomic E-state index is 6.27. The van der Waals surface area contributed by atoms with Gasteiger partial charge in [-0.1, -0.05) is 25.0 Å². The van der Waals surface area contributed by atoms with Crippen molar-refractivity contribution in [3.63, 3.8) is 0 Å². The number of benzene rings is 2. The molecule has 0 unspecified atom stereocenters. The zero-order valence-corrected chi connectivity index (χ0v) is 17.0. The van der Waals surface area contributed by atoms with Crippen LogP contribution in [0.5, 0.6) is 17.2 Å². The molecule has 1 aliphatic heterocycles. The van der Waals surface area contributed by atoms with Gasteiger partial charge in [0, 0.05) is 16.9 Å². The van der Waals surface area contributed by atoms with E-state index in [0.717, 1.165) is 52.3 Å². The molecule has 2 heterocycles. The lowest BCUT2D eigenvalue weighted by atomic mass is 9.75. The number of fused-ring (bicyclic) bond motifs is 4. The molecule has 3 aromatic rings. The standard InChI is InChI=1S/C24H25NO4/c1-26-19-10-6-7-14-11-22(29-24(14)19)23-17-13-21(28-3)20(27-2)12-16(17)15-8-4-5-9-18(15)25-23/h6-7,10-13,15,18H,4-5,8-9H2,1-3H3/t15-,18-/m0/s1. The Hall–Kier alpha value is -2.95. The third-order valence-corrected chi connectivity index (χ3v) is 6.20. The van der Waals surface area contributed by atoms with E-state index in [1.54, 1.807) is 21.3 Å². The maximum Gasteiger partial charge on any atom is 0.176 e. The molecule has 1 aromatic heterocycles. The molecule has 0 radical (unpaired) electrons. The summed E-state index contributed by atoms with van der Waals surface area (Å²) in [5.74, 6) is 3.39. The predicted octanol–water partition coefficient (Wildman–Crippen LogP) is 5.34. The lowest BCUT2D eigenvalue weighted by Crippen LogP contribution is -2.29. The molecule has 1 aliphatic carbocycles. The van der Waals surface area contributed by atoms with Gasteiger partial charge >= 0.3 is 0 Å². The predicted molar refractivity (Wildman–Crippen MR) is 113 cm³/mol. The van der Waals surface area contributed by atoms with E-state index in [0.29, 0.717) is 11.7 Å². The summed E-state index contributed by atoms with van der Waals surface area (Å²) in [6.07, 6.45) is 4.71. The molecule has 29 heavy (non-hydrogen) atoms. The minimum atomic E-state index is 0.277. The first-order chi connectivity index (χ1) is 14.2. The Morgan fingerprint density at radius 1 is 0.897 bits per heavy atom. The van der Waals surface area contributed by atoms with Crippen LogP contribution in [0, 0.1) is 0 Å². The fourth-order valence-corrected chi connectivity index (χ4v) is 4.78. The van der Waals surface area contributed by atoms with E-state index in [1.165, 1.54) is 18.4 Å². The highest BCUT2D eigenvalue weighted by atomic mass is 16.5. The molecule has 0 bridgehead atoms. The largest absolute Gasteiger partial charge is 0.493 e. The van der Waals surface area contributed by atoms with E-state index in [-0.39, 0.29) is 6.04 Å². The van der Waals surface area contributed by atoms with Gasteiger partial charge in [-0.25, -0.2) is 0 Å². The molecular formula is C24H25NO4. The number of rotatable bonds is 4. The highest BCUT2D eigenvalue weighted by Gasteiger charge is 2.35. The van der Waals surface area contributed by atoms with E-state index < -0.39 is 0 Å². The summed E-state index contributed by atoms with van der Waals surface area (Å²) < 4.78 is 22.9. The quantitative estimate of drug-likeness (QED) is 0.603. The van der Waals surface area contributed by atoms with Crippen LogP contribution in [-0.2, 0) is 0 Å². The van der Waals surface area contributed by atoms with Crippen LogP contribution in [-0.4, -0.2) is 33.1 Å². The Bertz CT molecular complexity index is 1100. The van der Waals surface area contributed by atoms with Gasteiger partial charge in [0.15, 0.2) is 28.6 Å². The molecule has 0 amide bonds. The highest BCUT2D eigenvalue weighted by molar-refractivity contribution is 6.15. The first kappa shape index (κ1) is 18.1. The van der Waals surface area contributed by atoms with Gasteiger partial charge in [-0.3, -0.25) is 4.99 Å². The van der Waals surface area contributed by atoms with Gasteiger partial charge in [-0.05, 0) is 42.7 Å². The van der Waals surface area contributed by atoms with Crippen LogP contribution >= 0.6 is 0 Å². The van der Waals surface area contributed by atoms with Crippen molar-refractivity contribution in [2.24, 2.45) is 4.99 Å². The second kappa shape index (κ2) is 7.14. The van der Waals surface area contributed by atoms with E-state index in [4.69, 9.17) is 23.6 Å². The first-order valence-corrected chi connectivity index (χ1v) is 10.1. The third kappa shape index (κ3) is 2.87. The van der Waals surface area contributed by atoms with Crippen LogP contribution in [0.1, 0.15) is 48.5 Å². The average Bonchev–Trinajstić information content (AvgIpc) is 3.21. The Morgan fingerprint density at radius 2 is 1.66 bits per heavy atom. The summed E-state index contributed by atoms with van der Waals surface area (Å²) in [6, 6.07) is 12.4. The molecule has 0 saturated heterocycles. The summed E-state index contributed by atoms with van der Waals surface area (Å²) in [5, 5.41) is 1.01. The normalized spacial score (nSPS) is 20.6. The van der Waals surface area contributed by atoms with Crippen LogP contribution in [0.25, 0.3) is 11.0 Å². The number of para-hydroxylation sites is 1. The zero-order chi connectivity index (χ0) is 20.0. The second-order valence-corrected chi connectivity index (χ2v) is 7.72. The maximum absolute atomic E-state index is 6.27. The van der Waals surface area contributed by atoms with Crippen molar-refractivity contribution in [1.82, 2.24) is 0 Å². The van der Waals surface area contributed by atoms with Crippen molar-refractivity contribution in [2.75, 3.05) is 21.3 Å². The number of nitrogens with zero attached hydrogens (tertiary/aromatic N) is 1. The van der Waals surface area contributed by atoms with Gasteiger partial charge in [-0.15, -0.1) is 0 Å². The van der Waals surface area contributed by atoms with Crippen LogP contribution < -0.4 is 14.2 Å². The molecule has 2 atom stereocenters. The number of ether oxygens (including phenoxy) is 3. The van der Waals surface area contributed by atoms with Gasteiger partial charge in [0.1, 0.15) is 5.71 Å². The topological polar surface area (TPSA) is 53.2 Å². The van der Waals surface area contributed by atoms with Gasteiger partial charge in [0.2, 0.25) is 0 Å². The molecule has 150 valence electrons. The van der Waals surface area contributed by atoms with Gasteiger partial charge < -0.3 is 18.6 Å². The minimum absolute atomic E-state index is 0.277. The van der Waals surface area contributed by atoms with Crippen molar-refractivity contribution >= 4 is 16.7 Å². The molecule has 5 nitrogen and oxygen atoms in total. The lowest BCUT2D eigenvalue weighted by Gasteiger charge is -2.35. The van der Waals surface area contributed by atoms with Crippen LogP contribution in [0.2, 0.25) is 0 Å². The Morgan fingerprint density at radius 3 is 2.45 bits per heavy atom. The molecule has 0 N–H and O–H groups in total. The average molecular weight is 391 g/mol. The van der Waals surface area contributed by atoms with Crippen molar-refractivity contribution < 1.29 is 18.6 Å². The molecule has 1 saturated carbocycles. The summed E-state index contributed by atoms with van der Waals surface area (Å²) in [5.41, 5.74) is 4.00. The Kier molecular flexibility index (Phi) is 4.46.